The van der Waals surface area contributed by atoms with Gasteiger partial charge in [0, 0.05) is 17.7 Å². The first-order valence-electron chi connectivity index (χ1n) is 7.41. The average molecular weight is 326 g/mol. The second-order valence-electron chi connectivity index (χ2n) is 5.34. The Labute approximate surface area is 139 Å². The van der Waals surface area contributed by atoms with Crippen molar-refractivity contribution < 1.29 is 19.9 Å². The minimum atomic E-state index is -0.960. The highest BCUT2D eigenvalue weighted by Crippen LogP contribution is 2.14. The average Bonchev–Trinajstić information content (AvgIpc) is 2.57. The summed E-state index contributed by atoms with van der Waals surface area (Å²) in [6, 6.07) is 13.9. The lowest BCUT2D eigenvalue weighted by atomic mass is 10.1. The fourth-order valence-electron chi connectivity index (χ4n) is 2.13. The highest BCUT2D eigenvalue weighted by Gasteiger charge is 2.09. The monoisotopic (exact) mass is 326 g/mol. The van der Waals surface area contributed by atoms with Crippen LogP contribution in [-0.4, -0.2) is 27.9 Å². The van der Waals surface area contributed by atoms with Gasteiger partial charge >= 0.3 is 5.97 Å². The Kier molecular flexibility index (Phi) is 5.68. The van der Waals surface area contributed by atoms with Crippen molar-refractivity contribution in [2.75, 3.05) is 5.32 Å². The number of aryl methyl sites for hydroxylation is 1. The minimum absolute atomic E-state index is 0.120. The van der Waals surface area contributed by atoms with Gasteiger partial charge in [0.25, 0.3) is 5.91 Å². The first-order valence-corrected chi connectivity index (χ1v) is 7.41. The quantitative estimate of drug-likeness (QED) is 0.431. The van der Waals surface area contributed by atoms with Crippen LogP contribution >= 0.6 is 0 Å². The van der Waals surface area contributed by atoms with Crippen molar-refractivity contribution in [1.82, 2.24) is 0 Å². The maximum atomic E-state index is 12.1. The summed E-state index contributed by atoms with van der Waals surface area (Å²) >= 11 is 0. The predicted molar refractivity (Wildman–Crippen MR) is 90.8 cm³/mol. The normalized spacial score (nSPS) is 11.1. The third kappa shape index (κ3) is 4.67. The second-order valence-corrected chi connectivity index (χ2v) is 5.34. The maximum Gasteiger partial charge on any atom is 0.303 e. The number of anilines is 1. The van der Waals surface area contributed by atoms with Crippen LogP contribution in [0.4, 0.5) is 5.69 Å². The molecule has 24 heavy (non-hydrogen) atoms. The number of nitrogens with one attached hydrogen (secondary N) is 1. The lowest BCUT2D eigenvalue weighted by Gasteiger charge is -2.08. The molecule has 2 aromatic carbocycles. The number of amides is 1. The smallest absolute Gasteiger partial charge is 0.303 e. The molecule has 0 aliphatic carbocycles. The molecule has 0 atom stereocenters. The van der Waals surface area contributed by atoms with Gasteiger partial charge in [0.15, 0.2) is 0 Å². The predicted octanol–water partition coefficient (Wildman–Crippen LogP) is 3.29. The topological polar surface area (TPSA) is 99.0 Å². The lowest BCUT2D eigenvalue weighted by Crippen LogP contribution is -2.12. The molecule has 0 aliphatic rings. The number of aliphatic carboxylic acids is 1. The summed E-state index contributed by atoms with van der Waals surface area (Å²) in [7, 11) is 0. The van der Waals surface area contributed by atoms with Crippen LogP contribution in [0.3, 0.4) is 0 Å². The first-order chi connectivity index (χ1) is 11.5. The molecule has 0 saturated carbocycles. The van der Waals surface area contributed by atoms with Crippen LogP contribution in [0, 0.1) is 6.92 Å². The number of hydrogen-bond donors (Lipinski definition) is 3. The Hall–Kier alpha value is -3.15. The summed E-state index contributed by atoms with van der Waals surface area (Å²) < 4.78 is 0. The van der Waals surface area contributed by atoms with Gasteiger partial charge in [-0.25, -0.2) is 0 Å². The summed E-state index contributed by atoms with van der Waals surface area (Å²) in [5, 5.41) is 23.6. The van der Waals surface area contributed by atoms with Crippen molar-refractivity contribution >= 4 is 23.3 Å². The summed E-state index contributed by atoms with van der Waals surface area (Å²) in [6.45, 7) is 1.95. The molecule has 2 rings (SSSR count). The fraction of sp³-hybridized carbons (Fsp3) is 0.167. The molecule has 0 aliphatic heterocycles. The third-order valence-electron chi connectivity index (χ3n) is 3.49. The third-order valence-corrected chi connectivity index (χ3v) is 3.49. The number of carboxylic acid groups (broad SMARTS) is 1. The summed E-state index contributed by atoms with van der Waals surface area (Å²) in [4.78, 5) is 22.7. The van der Waals surface area contributed by atoms with Crippen molar-refractivity contribution in [1.29, 1.82) is 0 Å². The number of oxime groups is 1. The summed E-state index contributed by atoms with van der Waals surface area (Å²) in [5.41, 5.74) is 3.12. The van der Waals surface area contributed by atoms with Gasteiger partial charge in [0.05, 0.1) is 12.1 Å². The van der Waals surface area contributed by atoms with Crippen molar-refractivity contribution in [3.8, 4) is 0 Å². The molecule has 0 heterocycles. The lowest BCUT2D eigenvalue weighted by molar-refractivity contribution is -0.136. The van der Waals surface area contributed by atoms with E-state index in [1.54, 1.807) is 36.4 Å². The molecule has 0 saturated heterocycles. The molecule has 3 N–H and O–H groups in total. The number of carbonyl (C=O) groups excluding carboxylic acids is 1. The van der Waals surface area contributed by atoms with Crippen LogP contribution in [0.25, 0.3) is 0 Å². The van der Waals surface area contributed by atoms with E-state index < -0.39 is 5.97 Å². The van der Waals surface area contributed by atoms with Gasteiger partial charge in [0.2, 0.25) is 0 Å². The van der Waals surface area contributed by atoms with Crippen LogP contribution in [0.2, 0.25) is 0 Å². The standard InChI is InChI=1S/C18H18N2O4/c1-12-2-4-14(5-3-12)18(23)19-15-8-6-13(7-9-15)16(20-24)10-11-17(21)22/h2-9,24H,10-11H2,1H3,(H,19,23)(H,21,22). The Morgan fingerprint density at radius 3 is 2.08 bits per heavy atom. The van der Waals surface area contributed by atoms with Crippen LogP contribution < -0.4 is 5.32 Å². The van der Waals surface area contributed by atoms with E-state index in [0.717, 1.165) is 5.56 Å². The fourth-order valence-corrected chi connectivity index (χ4v) is 2.13. The van der Waals surface area contributed by atoms with Gasteiger partial charge in [-0.3, -0.25) is 9.59 Å². The Balaban J connectivity index is 2.04. The molecule has 0 bridgehead atoms. The van der Waals surface area contributed by atoms with E-state index in [9.17, 15) is 9.59 Å². The number of carbonyl (C=O) groups is 2. The van der Waals surface area contributed by atoms with E-state index in [1.807, 2.05) is 19.1 Å². The Morgan fingerprint density at radius 2 is 1.54 bits per heavy atom. The largest absolute Gasteiger partial charge is 0.481 e. The van der Waals surface area contributed by atoms with Gasteiger partial charge in [0.1, 0.15) is 0 Å². The molecule has 0 fully saturated rings. The molecule has 0 unspecified atom stereocenters. The van der Waals surface area contributed by atoms with Crippen LogP contribution in [0.15, 0.2) is 53.7 Å². The van der Waals surface area contributed by atoms with E-state index >= 15 is 0 Å². The molecular formula is C18H18N2O4. The molecule has 0 aromatic heterocycles. The zero-order valence-electron chi connectivity index (χ0n) is 13.2. The van der Waals surface area contributed by atoms with Gasteiger partial charge in [-0.15, -0.1) is 0 Å². The van der Waals surface area contributed by atoms with Gasteiger partial charge in [-0.05, 0) is 36.8 Å². The van der Waals surface area contributed by atoms with E-state index in [4.69, 9.17) is 10.3 Å². The van der Waals surface area contributed by atoms with E-state index in [2.05, 4.69) is 10.5 Å². The van der Waals surface area contributed by atoms with Crippen LogP contribution in [0.5, 0.6) is 0 Å². The molecule has 1 amide bonds. The zero-order valence-corrected chi connectivity index (χ0v) is 13.2. The van der Waals surface area contributed by atoms with E-state index in [1.165, 1.54) is 0 Å². The van der Waals surface area contributed by atoms with Crippen LogP contribution in [-0.2, 0) is 4.79 Å². The first kappa shape index (κ1) is 17.2. The summed E-state index contributed by atoms with van der Waals surface area (Å²) in [5.74, 6) is -1.18. The van der Waals surface area contributed by atoms with Gasteiger partial charge in [-0.1, -0.05) is 35.0 Å². The molecule has 0 spiro atoms. The van der Waals surface area contributed by atoms with Gasteiger partial charge in [-0.2, -0.15) is 0 Å². The summed E-state index contributed by atoms with van der Waals surface area (Å²) in [6.07, 6.45) is 0.00616. The van der Waals surface area contributed by atoms with E-state index in [-0.39, 0.29) is 24.5 Å². The van der Waals surface area contributed by atoms with Crippen molar-refractivity contribution in [3.05, 3.63) is 65.2 Å². The zero-order chi connectivity index (χ0) is 17.5. The molecule has 2 aromatic rings. The highest BCUT2D eigenvalue weighted by molar-refractivity contribution is 6.05. The number of rotatable bonds is 6. The SMILES string of the molecule is Cc1ccc(C(=O)Nc2ccc(C(CCC(=O)O)=NO)cc2)cc1. The molecule has 124 valence electrons. The number of benzene rings is 2. The van der Waals surface area contributed by atoms with Crippen molar-refractivity contribution in [2.45, 2.75) is 19.8 Å². The van der Waals surface area contributed by atoms with Crippen LogP contribution in [0.1, 0.15) is 34.3 Å². The molecular weight excluding hydrogens is 308 g/mol. The molecule has 0 radical (unpaired) electrons. The maximum absolute atomic E-state index is 12.1. The second kappa shape index (κ2) is 7.92. The molecule has 6 nitrogen and oxygen atoms in total. The highest BCUT2D eigenvalue weighted by atomic mass is 16.4. The minimum Gasteiger partial charge on any atom is -0.481 e. The van der Waals surface area contributed by atoms with Crippen molar-refractivity contribution in [3.63, 3.8) is 0 Å². The Bertz CT molecular complexity index is 750. The number of hydrogen-bond acceptors (Lipinski definition) is 4. The molecule has 6 heteroatoms. The number of nitrogens with zero attached hydrogens (tertiary/aromatic N) is 1. The Morgan fingerprint density at radius 1 is 0.958 bits per heavy atom. The number of carboxylic acids is 1. The van der Waals surface area contributed by atoms with Crippen molar-refractivity contribution in [2.24, 2.45) is 5.16 Å². The van der Waals surface area contributed by atoms with Gasteiger partial charge < -0.3 is 15.6 Å². The van der Waals surface area contributed by atoms with E-state index in [0.29, 0.717) is 16.8 Å².